The summed E-state index contributed by atoms with van der Waals surface area (Å²) in [4.78, 5) is 0. The standard InChI is InChI=1S/C14H27NO2/c1-2-5-12(16)10-15-11-13-6-9-14(17-13)7-3-4-8-14/h12-13,15-16H,2-11H2,1H3. The van der Waals surface area contributed by atoms with Crippen molar-refractivity contribution in [1.82, 2.24) is 5.32 Å². The maximum absolute atomic E-state index is 9.62. The topological polar surface area (TPSA) is 41.5 Å². The Hall–Kier alpha value is -0.120. The fraction of sp³-hybridized carbons (Fsp3) is 1.00. The number of ether oxygens (including phenoxy) is 1. The van der Waals surface area contributed by atoms with E-state index in [0.717, 1.165) is 19.4 Å². The maximum Gasteiger partial charge on any atom is 0.0708 e. The Kier molecular flexibility index (Phi) is 4.83. The summed E-state index contributed by atoms with van der Waals surface area (Å²) in [5.41, 5.74) is 0.244. The third-order valence-corrected chi connectivity index (χ3v) is 4.23. The largest absolute Gasteiger partial charge is 0.392 e. The molecule has 2 unspecified atom stereocenters. The molecule has 100 valence electrons. The Bertz CT molecular complexity index is 226. The number of nitrogens with one attached hydrogen (secondary N) is 1. The van der Waals surface area contributed by atoms with E-state index in [1.807, 2.05) is 0 Å². The van der Waals surface area contributed by atoms with Crippen LogP contribution in [0.15, 0.2) is 0 Å². The van der Waals surface area contributed by atoms with Gasteiger partial charge in [0.05, 0.1) is 17.8 Å². The number of hydrogen-bond acceptors (Lipinski definition) is 3. The Morgan fingerprint density at radius 3 is 2.82 bits per heavy atom. The highest BCUT2D eigenvalue weighted by Crippen LogP contribution is 2.43. The first-order valence-corrected chi connectivity index (χ1v) is 7.31. The lowest BCUT2D eigenvalue weighted by Crippen LogP contribution is -2.34. The van der Waals surface area contributed by atoms with Crippen molar-refractivity contribution in [2.24, 2.45) is 0 Å². The third kappa shape index (κ3) is 3.67. The van der Waals surface area contributed by atoms with Gasteiger partial charge < -0.3 is 15.2 Å². The summed E-state index contributed by atoms with van der Waals surface area (Å²) < 4.78 is 6.21. The van der Waals surface area contributed by atoms with Gasteiger partial charge in [-0.3, -0.25) is 0 Å². The van der Waals surface area contributed by atoms with Gasteiger partial charge in [-0.2, -0.15) is 0 Å². The van der Waals surface area contributed by atoms with Crippen LogP contribution in [-0.4, -0.2) is 36.0 Å². The molecule has 0 radical (unpaired) electrons. The summed E-state index contributed by atoms with van der Waals surface area (Å²) in [7, 11) is 0. The molecule has 1 saturated carbocycles. The minimum Gasteiger partial charge on any atom is -0.392 e. The lowest BCUT2D eigenvalue weighted by atomic mass is 9.98. The smallest absolute Gasteiger partial charge is 0.0708 e. The molecule has 2 fully saturated rings. The number of hydrogen-bond donors (Lipinski definition) is 2. The first-order chi connectivity index (χ1) is 8.24. The van der Waals surface area contributed by atoms with Crippen molar-refractivity contribution in [3.63, 3.8) is 0 Å². The normalized spacial score (nSPS) is 28.9. The fourth-order valence-corrected chi connectivity index (χ4v) is 3.27. The predicted octanol–water partition coefficient (Wildman–Crippen LogP) is 2.23. The van der Waals surface area contributed by atoms with E-state index in [2.05, 4.69) is 12.2 Å². The first-order valence-electron chi connectivity index (χ1n) is 7.31. The van der Waals surface area contributed by atoms with E-state index in [-0.39, 0.29) is 11.7 Å². The van der Waals surface area contributed by atoms with Gasteiger partial charge in [-0.15, -0.1) is 0 Å². The molecule has 1 heterocycles. The van der Waals surface area contributed by atoms with Crippen LogP contribution in [0, 0.1) is 0 Å². The number of rotatable bonds is 6. The molecule has 1 aliphatic carbocycles. The second kappa shape index (κ2) is 6.17. The SMILES string of the molecule is CCCC(O)CNCC1CCC2(CCCC2)O1. The van der Waals surface area contributed by atoms with Crippen LogP contribution in [0.5, 0.6) is 0 Å². The molecule has 0 aromatic carbocycles. The molecule has 0 amide bonds. The van der Waals surface area contributed by atoms with Crippen LogP contribution in [0.3, 0.4) is 0 Å². The molecule has 1 aliphatic heterocycles. The molecule has 1 spiro atoms. The Labute approximate surface area is 105 Å². The minimum absolute atomic E-state index is 0.193. The van der Waals surface area contributed by atoms with Crippen LogP contribution in [0.4, 0.5) is 0 Å². The van der Waals surface area contributed by atoms with Gasteiger partial charge in [-0.05, 0) is 32.1 Å². The lowest BCUT2D eigenvalue weighted by Gasteiger charge is -2.24. The van der Waals surface area contributed by atoms with Crippen molar-refractivity contribution in [3.8, 4) is 0 Å². The van der Waals surface area contributed by atoms with Crippen LogP contribution < -0.4 is 5.32 Å². The van der Waals surface area contributed by atoms with Crippen LogP contribution in [0.25, 0.3) is 0 Å². The zero-order chi connectivity index (χ0) is 12.1. The second-order valence-electron chi connectivity index (χ2n) is 5.77. The molecule has 2 atom stereocenters. The summed E-state index contributed by atoms with van der Waals surface area (Å²) in [5.74, 6) is 0. The quantitative estimate of drug-likeness (QED) is 0.749. The van der Waals surface area contributed by atoms with E-state index < -0.39 is 0 Å². The van der Waals surface area contributed by atoms with Crippen molar-refractivity contribution >= 4 is 0 Å². The van der Waals surface area contributed by atoms with Crippen molar-refractivity contribution in [2.75, 3.05) is 13.1 Å². The van der Waals surface area contributed by atoms with Gasteiger partial charge >= 0.3 is 0 Å². The number of aliphatic hydroxyl groups is 1. The fourth-order valence-electron chi connectivity index (χ4n) is 3.27. The highest BCUT2D eigenvalue weighted by molar-refractivity contribution is 4.93. The molecule has 17 heavy (non-hydrogen) atoms. The van der Waals surface area contributed by atoms with Gasteiger partial charge in [0, 0.05) is 13.1 Å². The average molecular weight is 241 g/mol. The average Bonchev–Trinajstić information content (AvgIpc) is 2.91. The highest BCUT2D eigenvalue weighted by atomic mass is 16.5. The summed E-state index contributed by atoms with van der Waals surface area (Å²) >= 11 is 0. The van der Waals surface area contributed by atoms with Crippen molar-refractivity contribution < 1.29 is 9.84 Å². The van der Waals surface area contributed by atoms with E-state index in [1.165, 1.54) is 38.5 Å². The molecule has 0 aromatic rings. The van der Waals surface area contributed by atoms with Crippen molar-refractivity contribution in [2.45, 2.75) is 76.1 Å². The molecule has 0 aromatic heterocycles. The molecule has 2 rings (SSSR count). The van der Waals surface area contributed by atoms with Gasteiger partial charge in [0.25, 0.3) is 0 Å². The molecule has 2 aliphatic rings. The first kappa shape index (κ1) is 13.3. The van der Waals surface area contributed by atoms with E-state index in [1.54, 1.807) is 0 Å². The number of aliphatic hydroxyl groups excluding tert-OH is 1. The van der Waals surface area contributed by atoms with Crippen LogP contribution in [0.1, 0.15) is 58.3 Å². The molecular formula is C14H27NO2. The molecule has 3 heteroatoms. The minimum atomic E-state index is -0.193. The molecule has 3 nitrogen and oxygen atoms in total. The zero-order valence-electron chi connectivity index (χ0n) is 11.1. The Morgan fingerprint density at radius 2 is 2.12 bits per heavy atom. The molecule has 2 N–H and O–H groups in total. The Balaban J connectivity index is 1.61. The molecule has 1 saturated heterocycles. The van der Waals surface area contributed by atoms with E-state index in [4.69, 9.17) is 4.74 Å². The van der Waals surface area contributed by atoms with E-state index in [9.17, 15) is 5.11 Å². The second-order valence-corrected chi connectivity index (χ2v) is 5.77. The molecule has 0 bridgehead atoms. The zero-order valence-corrected chi connectivity index (χ0v) is 11.1. The summed E-state index contributed by atoms with van der Waals surface area (Å²) in [6.07, 6.45) is 9.78. The van der Waals surface area contributed by atoms with Gasteiger partial charge in [-0.1, -0.05) is 26.2 Å². The Morgan fingerprint density at radius 1 is 1.35 bits per heavy atom. The lowest BCUT2D eigenvalue weighted by molar-refractivity contribution is -0.0357. The van der Waals surface area contributed by atoms with Gasteiger partial charge in [0.15, 0.2) is 0 Å². The highest BCUT2D eigenvalue weighted by Gasteiger charge is 2.41. The van der Waals surface area contributed by atoms with Crippen LogP contribution in [-0.2, 0) is 4.74 Å². The monoisotopic (exact) mass is 241 g/mol. The van der Waals surface area contributed by atoms with Crippen molar-refractivity contribution in [3.05, 3.63) is 0 Å². The van der Waals surface area contributed by atoms with Gasteiger partial charge in [-0.25, -0.2) is 0 Å². The van der Waals surface area contributed by atoms with E-state index >= 15 is 0 Å². The summed E-state index contributed by atoms with van der Waals surface area (Å²) in [6, 6.07) is 0. The predicted molar refractivity (Wildman–Crippen MR) is 69.1 cm³/mol. The van der Waals surface area contributed by atoms with Crippen molar-refractivity contribution in [1.29, 1.82) is 0 Å². The summed E-state index contributed by atoms with van der Waals surface area (Å²) in [5, 5.41) is 13.0. The third-order valence-electron chi connectivity index (χ3n) is 4.23. The van der Waals surface area contributed by atoms with Crippen LogP contribution >= 0.6 is 0 Å². The van der Waals surface area contributed by atoms with Gasteiger partial charge in [0.2, 0.25) is 0 Å². The van der Waals surface area contributed by atoms with Gasteiger partial charge in [0.1, 0.15) is 0 Å². The maximum atomic E-state index is 9.62. The van der Waals surface area contributed by atoms with E-state index in [0.29, 0.717) is 12.6 Å². The summed E-state index contributed by atoms with van der Waals surface area (Å²) in [6.45, 7) is 3.72. The van der Waals surface area contributed by atoms with Crippen LogP contribution in [0.2, 0.25) is 0 Å². The molecular weight excluding hydrogens is 214 g/mol.